The fourth-order valence-corrected chi connectivity index (χ4v) is 3.48. The first-order chi connectivity index (χ1) is 12.3. The predicted molar refractivity (Wildman–Crippen MR) is 111 cm³/mol. The van der Waals surface area contributed by atoms with Gasteiger partial charge in [0, 0.05) is 38.1 Å². The molecule has 0 amide bonds. The second-order valence-corrected chi connectivity index (χ2v) is 7.68. The van der Waals surface area contributed by atoms with E-state index in [1.165, 1.54) is 16.6 Å². The SMILES string of the molecule is CCCn1cc(C)c2nc(-c3ccc(C(C)C)nc3N(C)C)c(C)cc21. The van der Waals surface area contributed by atoms with Crippen LogP contribution in [0.5, 0.6) is 0 Å². The molecule has 0 aliphatic carbocycles. The zero-order chi connectivity index (χ0) is 19.0. The van der Waals surface area contributed by atoms with Gasteiger partial charge in [-0.25, -0.2) is 9.97 Å². The Labute approximate surface area is 156 Å². The van der Waals surface area contributed by atoms with E-state index < -0.39 is 0 Å². The van der Waals surface area contributed by atoms with Crippen LogP contribution in [0, 0.1) is 13.8 Å². The Bertz CT molecular complexity index is 935. The lowest BCUT2D eigenvalue weighted by atomic mass is 10.0. The first kappa shape index (κ1) is 18.4. The first-order valence-electron chi connectivity index (χ1n) is 9.49. The van der Waals surface area contributed by atoms with E-state index in [0.717, 1.165) is 41.3 Å². The molecule has 0 unspecified atom stereocenters. The van der Waals surface area contributed by atoms with Crippen molar-refractivity contribution in [2.45, 2.75) is 53.5 Å². The summed E-state index contributed by atoms with van der Waals surface area (Å²) in [4.78, 5) is 12.1. The van der Waals surface area contributed by atoms with Gasteiger partial charge in [-0.15, -0.1) is 0 Å². The van der Waals surface area contributed by atoms with Gasteiger partial charge in [0.15, 0.2) is 0 Å². The predicted octanol–water partition coefficient (Wildman–Crippen LogP) is 5.31. The molecule has 0 saturated carbocycles. The van der Waals surface area contributed by atoms with Crippen LogP contribution in [0.1, 0.15) is 49.9 Å². The highest BCUT2D eigenvalue weighted by Gasteiger charge is 2.17. The molecule has 0 aliphatic rings. The number of aromatic nitrogens is 3. The summed E-state index contributed by atoms with van der Waals surface area (Å²) >= 11 is 0. The molecule has 0 aliphatic heterocycles. The lowest BCUT2D eigenvalue weighted by Gasteiger charge is -2.19. The normalized spacial score (nSPS) is 11.5. The van der Waals surface area contributed by atoms with Gasteiger partial charge in [0.2, 0.25) is 0 Å². The number of aryl methyl sites for hydroxylation is 3. The average molecular weight is 351 g/mol. The van der Waals surface area contributed by atoms with Crippen molar-refractivity contribution in [2.75, 3.05) is 19.0 Å². The molecule has 0 N–H and O–H groups in total. The minimum atomic E-state index is 0.407. The van der Waals surface area contributed by atoms with Crippen LogP contribution in [-0.2, 0) is 6.54 Å². The van der Waals surface area contributed by atoms with E-state index in [-0.39, 0.29) is 0 Å². The smallest absolute Gasteiger partial charge is 0.137 e. The third-order valence-electron chi connectivity index (χ3n) is 4.86. The Morgan fingerprint density at radius 1 is 1.08 bits per heavy atom. The Hall–Kier alpha value is -2.36. The minimum absolute atomic E-state index is 0.407. The van der Waals surface area contributed by atoms with Gasteiger partial charge in [-0.3, -0.25) is 0 Å². The van der Waals surface area contributed by atoms with Crippen LogP contribution < -0.4 is 4.90 Å². The zero-order valence-corrected chi connectivity index (χ0v) is 17.1. The van der Waals surface area contributed by atoms with E-state index in [1.54, 1.807) is 0 Å². The summed E-state index contributed by atoms with van der Waals surface area (Å²) in [5, 5.41) is 0. The largest absolute Gasteiger partial charge is 0.362 e. The van der Waals surface area contributed by atoms with Crippen molar-refractivity contribution in [3.8, 4) is 11.3 Å². The maximum atomic E-state index is 5.08. The van der Waals surface area contributed by atoms with E-state index in [1.807, 2.05) is 14.1 Å². The summed E-state index contributed by atoms with van der Waals surface area (Å²) in [6.45, 7) is 11.9. The van der Waals surface area contributed by atoms with Crippen LogP contribution in [0.2, 0.25) is 0 Å². The molecule has 3 aromatic rings. The monoisotopic (exact) mass is 350 g/mol. The maximum absolute atomic E-state index is 5.08. The molecule has 0 saturated heterocycles. The Morgan fingerprint density at radius 3 is 2.42 bits per heavy atom. The van der Waals surface area contributed by atoms with Crippen LogP contribution in [0.15, 0.2) is 24.4 Å². The second-order valence-electron chi connectivity index (χ2n) is 7.68. The van der Waals surface area contributed by atoms with Gasteiger partial charge < -0.3 is 9.47 Å². The van der Waals surface area contributed by atoms with E-state index >= 15 is 0 Å². The molecular formula is C22H30N4. The van der Waals surface area contributed by atoms with Crippen LogP contribution >= 0.6 is 0 Å². The molecule has 3 rings (SSSR count). The van der Waals surface area contributed by atoms with Crippen molar-refractivity contribution < 1.29 is 0 Å². The Morgan fingerprint density at radius 2 is 1.81 bits per heavy atom. The first-order valence-corrected chi connectivity index (χ1v) is 9.49. The number of fused-ring (bicyclic) bond motifs is 1. The number of hydrogen-bond acceptors (Lipinski definition) is 3. The van der Waals surface area contributed by atoms with Gasteiger partial charge in [0.1, 0.15) is 5.82 Å². The van der Waals surface area contributed by atoms with E-state index in [0.29, 0.717) is 5.92 Å². The molecule has 26 heavy (non-hydrogen) atoms. The van der Waals surface area contributed by atoms with Gasteiger partial charge in [0.05, 0.1) is 16.7 Å². The summed E-state index contributed by atoms with van der Waals surface area (Å²) in [6.07, 6.45) is 3.34. The van der Waals surface area contributed by atoms with E-state index in [4.69, 9.17) is 9.97 Å². The molecule has 3 aromatic heterocycles. The molecule has 138 valence electrons. The van der Waals surface area contributed by atoms with Crippen LogP contribution in [0.3, 0.4) is 0 Å². The fourth-order valence-electron chi connectivity index (χ4n) is 3.48. The summed E-state index contributed by atoms with van der Waals surface area (Å²) in [6, 6.07) is 6.58. The van der Waals surface area contributed by atoms with Crippen LogP contribution in [0.4, 0.5) is 5.82 Å². The minimum Gasteiger partial charge on any atom is -0.362 e. The maximum Gasteiger partial charge on any atom is 0.137 e. The van der Waals surface area contributed by atoms with Crippen molar-refractivity contribution in [2.24, 2.45) is 0 Å². The third kappa shape index (κ3) is 3.20. The highest BCUT2D eigenvalue weighted by molar-refractivity contribution is 5.86. The van der Waals surface area contributed by atoms with Gasteiger partial charge in [0.25, 0.3) is 0 Å². The highest BCUT2D eigenvalue weighted by atomic mass is 15.1. The van der Waals surface area contributed by atoms with Crippen molar-refractivity contribution in [1.29, 1.82) is 0 Å². The molecular weight excluding hydrogens is 320 g/mol. The van der Waals surface area contributed by atoms with Gasteiger partial charge in [-0.2, -0.15) is 0 Å². The molecule has 0 spiro atoms. The molecule has 3 heterocycles. The third-order valence-corrected chi connectivity index (χ3v) is 4.86. The van der Waals surface area contributed by atoms with Gasteiger partial charge in [-0.1, -0.05) is 20.8 Å². The van der Waals surface area contributed by atoms with Crippen molar-refractivity contribution in [3.63, 3.8) is 0 Å². The molecule has 4 nitrogen and oxygen atoms in total. The van der Waals surface area contributed by atoms with Crippen molar-refractivity contribution in [1.82, 2.24) is 14.5 Å². The number of hydrogen-bond donors (Lipinski definition) is 0. The lowest BCUT2D eigenvalue weighted by Crippen LogP contribution is -2.14. The Kier molecular flexibility index (Phi) is 5.03. The quantitative estimate of drug-likeness (QED) is 0.625. The number of nitrogens with zero attached hydrogens (tertiary/aromatic N) is 4. The molecule has 0 fully saturated rings. The number of anilines is 1. The Balaban J connectivity index is 2.22. The summed E-state index contributed by atoms with van der Waals surface area (Å²) in [7, 11) is 4.10. The van der Waals surface area contributed by atoms with Gasteiger partial charge >= 0.3 is 0 Å². The fraction of sp³-hybridized carbons (Fsp3) is 0.455. The number of pyridine rings is 2. The van der Waals surface area contributed by atoms with E-state index in [2.05, 4.69) is 68.5 Å². The van der Waals surface area contributed by atoms with Crippen LogP contribution in [0.25, 0.3) is 22.3 Å². The molecule has 4 heteroatoms. The summed E-state index contributed by atoms with van der Waals surface area (Å²) < 4.78 is 2.32. The lowest BCUT2D eigenvalue weighted by molar-refractivity contribution is 0.702. The van der Waals surface area contributed by atoms with Crippen molar-refractivity contribution in [3.05, 3.63) is 41.2 Å². The standard InChI is InChI=1S/C22H30N4/c1-8-11-26-13-16(5)21-19(26)12-15(4)20(24-21)17-9-10-18(14(2)3)23-22(17)25(6)7/h9-10,12-14H,8,11H2,1-7H3. The van der Waals surface area contributed by atoms with Gasteiger partial charge in [-0.05, 0) is 55.5 Å². The summed E-state index contributed by atoms with van der Waals surface area (Å²) in [5.74, 6) is 1.39. The molecule has 0 radical (unpaired) electrons. The topological polar surface area (TPSA) is 34.0 Å². The average Bonchev–Trinajstić information content (AvgIpc) is 2.89. The van der Waals surface area contributed by atoms with Crippen molar-refractivity contribution >= 4 is 16.9 Å². The molecule has 0 aromatic carbocycles. The number of rotatable bonds is 5. The van der Waals surface area contributed by atoms with E-state index in [9.17, 15) is 0 Å². The second kappa shape index (κ2) is 7.10. The summed E-state index contributed by atoms with van der Waals surface area (Å²) in [5.41, 5.74) is 7.98. The highest BCUT2D eigenvalue weighted by Crippen LogP contribution is 2.33. The zero-order valence-electron chi connectivity index (χ0n) is 17.1. The molecule has 0 atom stereocenters. The molecule has 0 bridgehead atoms. The van der Waals surface area contributed by atoms with Crippen LogP contribution in [-0.4, -0.2) is 28.6 Å².